The molecule has 0 unspecified atom stereocenters. The van der Waals surface area contributed by atoms with Crippen molar-refractivity contribution in [1.29, 1.82) is 0 Å². The summed E-state index contributed by atoms with van der Waals surface area (Å²) in [6, 6.07) is 17.1. The number of rotatable bonds is 12. The lowest BCUT2D eigenvalue weighted by molar-refractivity contribution is -0.137. The molecule has 0 saturated heterocycles. The third-order valence-corrected chi connectivity index (χ3v) is 7.46. The van der Waals surface area contributed by atoms with E-state index in [9.17, 15) is 36.7 Å². The minimum absolute atomic E-state index is 0.0387. The predicted octanol–water partition coefficient (Wildman–Crippen LogP) is 5.81. The molecule has 1 atom stereocenters. The molecule has 5 rings (SSSR count). The number of nitrogens with one attached hydrogen (secondary N) is 2. The number of anilines is 1. The van der Waals surface area contributed by atoms with Crippen LogP contribution in [0.15, 0.2) is 94.4 Å². The molecule has 2 heterocycles. The van der Waals surface area contributed by atoms with Crippen LogP contribution >= 0.6 is 0 Å². The summed E-state index contributed by atoms with van der Waals surface area (Å²) in [5.41, 5.74) is -0.827. The third kappa shape index (κ3) is 9.29. The predicted molar refractivity (Wildman–Crippen MR) is 174 cm³/mol. The number of nitrogens with zero attached hydrogens (tertiary/aromatic N) is 4. The van der Waals surface area contributed by atoms with Crippen molar-refractivity contribution in [3.05, 3.63) is 130 Å². The molecule has 0 aliphatic carbocycles. The number of carbonyl (C=O) groups excluding carboxylic acids is 3. The number of aromatic nitrogens is 4. The molecule has 2 aromatic heterocycles. The summed E-state index contributed by atoms with van der Waals surface area (Å²) in [4.78, 5) is 61.3. The second kappa shape index (κ2) is 15.6. The Balaban J connectivity index is 1.33. The number of hydrogen-bond donors (Lipinski definition) is 2. The number of halogens is 4. The molecule has 0 radical (unpaired) electrons. The van der Waals surface area contributed by atoms with Crippen molar-refractivity contribution in [1.82, 2.24) is 25.0 Å². The second-order valence-corrected chi connectivity index (χ2v) is 11.6. The Kier molecular flexibility index (Phi) is 11.0. The SMILES string of the molecule is CC(C)[C@H](NC(=O)Cn1c(-c2ccc(F)cc2)ncc(NC(=O)OCc2ccccc2)c1=O)C(=O)c1noc(Cc2cccc(C(F)(F)F)c2)n1. The molecule has 0 fully saturated rings. The van der Waals surface area contributed by atoms with E-state index in [-0.39, 0.29) is 41.6 Å². The van der Waals surface area contributed by atoms with E-state index in [1.54, 1.807) is 44.2 Å². The van der Waals surface area contributed by atoms with Crippen LogP contribution in [0.3, 0.4) is 0 Å². The standard InChI is InChI=1S/C35H30F4N6O6/c1-20(2)29(30(47)31-43-28(51-44-31)16-22-9-6-10-24(15-22)35(37,38)39)42-27(46)18-45-32(23-11-13-25(36)14-12-23)40-17-26(33(45)48)41-34(49)50-19-21-7-4-3-5-8-21/h3-15,17,20,29H,16,18-19H2,1-2H3,(H,41,49)(H,42,46)/t29-/m0/s1. The Bertz CT molecular complexity index is 2080. The van der Waals surface area contributed by atoms with E-state index >= 15 is 0 Å². The van der Waals surface area contributed by atoms with E-state index < -0.39 is 65.2 Å². The Hall–Kier alpha value is -6.19. The molecule has 0 bridgehead atoms. The van der Waals surface area contributed by atoms with Gasteiger partial charge in [0, 0.05) is 5.56 Å². The van der Waals surface area contributed by atoms with Gasteiger partial charge in [-0.2, -0.15) is 18.2 Å². The first kappa shape index (κ1) is 36.1. The van der Waals surface area contributed by atoms with E-state index in [1.165, 1.54) is 24.3 Å². The molecular weight excluding hydrogens is 676 g/mol. The zero-order valence-electron chi connectivity index (χ0n) is 27.1. The van der Waals surface area contributed by atoms with E-state index in [4.69, 9.17) is 9.26 Å². The van der Waals surface area contributed by atoms with Gasteiger partial charge < -0.3 is 14.6 Å². The van der Waals surface area contributed by atoms with Gasteiger partial charge >= 0.3 is 12.3 Å². The molecule has 0 aliphatic rings. The van der Waals surface area contributed by atoms with Crippen LogP contribution in [0.4, 0.5) is 28.0 Å². The van der Waals surface area contributed by atoms with Gasteiger partial charge in [0.25, 0.3) is 5.56 Å². The molecule has 264 valence electrons. The van der Waals surface area contributed by atoms with Crippen molar-refractivity contribution in [3.8, 4) is 11.4 Å². The van der Waals surface area contributed by atoms with Gasteiger partial charge in [-0.25, -0.2) is 14.2 Å². The Morgan fingerprint density at radius 2 is 1.67 bits per heavy atom. The lowest BCUT2D eigenvalue weighted by Crippen LogP contribution is -2.47. The summed E-state index contributed by atoms with van der Waals surface area (Å²) in [7, 11) is 0. The van der Waals surface area contributed by atoms with Crippen molar-refractivity contribution >= 4 is 23.5 Å². The van der Waals surface area contributed by atoms with Gasteiger partial charge in [-0.15, -0.1) is 0 Å². The molecule has 51 heavy (non-hydrogen) atoms. The molecule has 2 amide bonds. The van der Waals surface area contributed by atoms with Crippen LogP contribution in [0.2, 0.25) is 0 Å². The fourth-order valence-electron chi connectivity index (χ4n) is 4.92. The molecule has 5 aromatic rings. The smallest absolute Gasteiger partial charge is 0.416 e. The summed E-state index contributed by atoms with van der Waals surface area (Å²) >= 11 is 0. The van der Waals surface area contributed by atoms with Gasteiger partial charge in [-0.1, -0.05) is 67.5 Å². The Labute approximate surface area is 287 Å². The van der Waals surface area contributed by atoms with E-state index in [1.807, 2.05) is 0 Å². The van der Waals surface area contributed by atoms with Gasteiger partial charge in [0.1, 0.15) is 30.5 Å². The highest BCUT2D eigenvalue weighted by molar-refractivity contribution is 5.99. The van der Waals surface area contributed by atoms with Crippen LogP contribution in [0, 0.1) is 11.7 Å². The molecule has 12 nitrogen and oxygen atoms in total. The normalized spacial score (nSPS) is 12.0. The van der Waals surface area contributed by atoms with Crippen molar-refractivity contribution in [3.63, 3.8) is 0 Å². The second-order valence-electron chi connectivity index (χ2n) is 11.6. The van der Waals surface area contributed by atoms with Gasteiger partial charge in [0.05, 0.1) is 24.2 Å². The maximum atomic E-state index is 13.7. The van der Waals surface area contributed by atoms with Crippen LogP contribution in [-0.4, -0.2) is 43.5 Å². The lowest BCUT2D eigenvalue weighted by atomic mass is 9.99. The minimum atomic E-state index is -4.55. The summed E-state index contributed by atoms with van der Waals surface area (Å²) in [6.45, 7) is 2.50. The van der Waals surface area contributed by atoms with Gasteiger partial charge in [0.15, 0.2) is 0 Å². The number of ketones is 1. The lowest BCUT2D eigenvalue weighted by Gasteiger charge is -2.21. The Morgan fingerprint density at radius 1 is 0.961 bits per heavy atom. The fourth-order valence-corrected chi connectivity index (χ4v) is 4.92. The maximum Gasteiger partial charge on any atom is 0.416 e. The monoisotopic (exact) mass is 706 g/mol. The highest BCUT2D eigenvalue weighted by Gasteiger charge is 2.32. The first-order valence-corrected chi connectivity index (χ1v) is 15.4. The molecular formula is C35H30F4N6O6. The summed E-state index contributed by atoms with van der Waals surface area (Å²) in [6.07, 6.45) is -4.62. The van der Waals surface area contributed by atoms with Gasteiger partial charge in [0.2, 0.25) is 23.4 Å². The minimum Gasteiger partial charge on any atom is -0.444 e. The summed E-state index contributed by atoms with van der Waals surface area (Å²) in [5.74, 6) is -3.22. The topological polar surface area (TPSA) is 158 Å². The van der Waals surface area contributed by atoms with Crippen LogP contribution in [-0.2, 0) is 35.3 Å². The first-order valence-electron chi connectivity index (χ1n) is 15.4. The number of hydrogen-bond acceptors (Lipinski definition) is 9. The molecule has 2 N–H and O–H groups in total. The molecule has 3 aromatic carbocycles. The number of ether oxygens (including phenoxy) is 1. The zero-order chi connectivity index (χ0) is 36.7. The third-order valence-electron chi connectivity index (χ3n) is 7.46. The molecule has 0 saturated carbocycles. The fraction of sp³-hybridized carbons (Fsp3) is 0.229. The van der Waals surface area contributed by atoms with Gasteiger partial charge in [-0.3, -0.25) is 24.3 Å². The first-order chi connectivity index (χ1) is 24.3. The number of Topliss-reactive ketones (excluding diaryl/α,β-unsaturated/α-hetero) is 1. The molecule has 0 spiro atoms. The van der Waals surface area contributed by atoms with Crippen LogP contribution in [0.25, 0.3) is 11.4 Å². The average molecular weight is 707 g/mol. The van der Waals surface area contributed by atoms with E-state index in [0.717, 1.165) is 35.0 Å². The quantitative estimate of drug-likeness (QED) is 0.121. The zero-order valence-corrected chi connectivity index (χ0v) is 27.1. The van der Waals surface area contributed by atoms with Crippen molar-refractivity contribution in [2.45, 2.75) is 45.6 Å². The average Bonchev–Trinajstić information content (AvgIpc) is 3.57. The number of carbonyl (C=O) groups is 3. The largest absolute Gasteiger partial charge is 0.444 e. The van der Waals surface area contributed by atoms with Crippen LogP contribution in [0.1, 0.15) is 47.0 Å². The van der Waals surface area contributed by atoms with E-state index in [0.29, 0.717) is 5.56 Å². The number of benzene rings is 3. The summed E-state index contributed by atoms with van der Waals surface area (Å²) < 4.78 is 64.3. The highest BCUT2D eigenvalue weighted by atomic mass is 19.4. The Morgan fingerprint density at radius 3 is 2.35 bits per heavy atom. The van der Waals surface area contributed by atoms with Crippen molar-refractivity contribution in [2.75, 3.05) is 5.32 Å². The highest BCUT2D eigenvalue weighted by Crippen LogP contribution is 2.30. The number of amides is 2. The van der Waals surface area contributed by atoms with E-state index in [2.05, 4.69) is 25.8 Å². The van der Waals surface area contributed by atoms with Gasteiger partial charge in [-0.05, 0) is 47.4 Å². The molecule has 0 aliphatic heterocycles. The maximum absolute atomic E-state index is 13.7. The molecule has 16 heteroatoms. The van der Waals surface area contributed by atoms with Crippen LogP contribution < -0.4 is 16.2 Å². The number of alkyl halides is 3. The summed E-state index contributed by atoms with van der Waals surface area (Å²) in [5, 5.41) is 8.56. The van der Waals surface area contributed by atoms with Crippen molar-refractivity contribution in [2.24, 2.45) is 5.92 Å². The van der Waals surface area contributed by atoms with Crippen molar-refractivity contribution < 1.29 is 41.2 Å². The van der Waals surface area contributed by atoms with Crippen LogP contribution in [0.5, 0.6) is 0 Å².